The van der Waals surface area contributed by atoms with Gasteiger partial charge in [-0.1, -0.05) is 26.6 Å². The Kier molecular flexibility index (Phi) is 5.83. The summed E-state index contributed by atoms with van der Waals surface area (Å²) in [5.41, 5.74) is 0.471. The molecule has 0 bridgehead atoms. The van der Waals surface area contributed by atoms with Crippen LogP contribution in [0.3, 0.4) is 0 Å². The molecule has 0 heterocycles. The van der Waals surface area contributed by atoms with Crippen LogP contribution in [0.2, 0.25) is 26.2 Å². The zero-order valence-electron chi connectivity index (χ0n) is 12.2. The average molecular weight is 275 g/mol. The van der Waals surface area contributed by atoms with E-state index >= 15 is 0 Å². The lowest BCUT2D eigenvalue weighted by molar-refractivity contribution is -0.141. The summed E-state index contributed by atoms with van der Waals surface area (Å²) < 4.78 is 11.3. The molecule has 0 aromatic carbocycles. The number of esters is 1. The van der Waals surface area contributed by atoms with Crippen molar-refractivity contribution in [2.24, 2.45) is 0 Å². The van der Waals surface area contributed by atoms with Crippen molar-refractivity contribution in [1.82, 2.24) is 0 Å². The van der Waals surface area contributed by atoms with Gasteiger partial charge in [0.25, 0.3) is 0 Å². The molecule has 0 spiro atoms. The lowest BCUT2D eigenvalue weighted by Crippen LogP contribution is -2.64. The summed E-state index contributed by atoms with van der Waals surface area (Å²) >= 11 is 0. The molecule has 0 aromatic heterocycles. The smallest absolute Gasteiger partial charge is 0.333 e. The van der Waals surface area contributed by atoms with Gasteiger partial charge < -0.3 is 9.16 Å². The van der Waals surface area contributed by atoms with Gasteiger partial charge in [0.2, 0.25) is 0 Å². The first-order valence-electron chi connectivity index (χ1n) is 6.01. The predicted molar refractivity (Wildman–Crippen MR) is 77.0 cm³/mol. The molecule has 0 rings (SSSR count). The number of carbonyl (C=O) groups excluding carboxylic acids is 1. The van der Waals surface area contributed by atoms with Gasteiger partial charge in [0.05, 0.1) is 5.73 Å². The van der Waals surface area contributed by atoms with Crippen LogP contribution in [0.1, 0.15) is 20.3 Å². The topological polar surface area (TPSA) is 35.5 Å². The molecule has 0 fully saturated rings. The first kappa shape index (κ1) is 16.6. The van der Waals surface area contributed by atoms with E-state index in [0.29, 0.717) is 5.57 Å². The molecule has 0 aliphatic rings. The second kappa shape index (κ2) is 5.97. The van der Waals surface area contributed by atoms with Crippen LogP contribution in [0.25, 0.3) is 0 Å². The quantitative estimate of drug-likeness (QED) is 0.424. The molecule has 0 saturated heterocycles. The summed E-state index contributed by atoms with van der Waals surface area (Å²) in [5.74, 6) is -0.279. The summed E-state index contributed by atoms with van der Waals surface area (Å²) in [6.07, 6.45) is 0.845. The van der Waals surface area contributed by atoms with Crippen LogP contribution in [0, 0.1) is 0 Å². The third kappa shape index (κ3) is 3.79. The Morgan fingerprint density at radius 1 is 1.29 bits per heavy atom. The Bertz CT molecular complexity index is 298. The summed E-state index contributed by atoms with van der Waals surface area (Å²) in [6.45, 7) is 16.3. The molecule has 0 N–H and O–H groups in total. The average Bonchev–Trinajstić information content (AvgIpc) is 2.24. The van der Waals surface area contributed by atoms with Crippen molar-refractivity contribution in [3.63, 3.8) is 0 Å². The van der Waals surface area contributed by atoms with Crippen molar-refractivity contribution >= 4 is 21.4 Å². The van der Waals surface area contributed by atoms with Crippen molar-refractivity contribution in [3.8, 4) is 0 Å². The van der Waals surface area contributed by atoms with Gasteiger partial charge >= 0.3 is 5.97 Å². The molecule has 0 aromatic rings. The highest BCUT2D eigenvalue weighted by molar-refractivity contribution is 7.38. The normalized spacial score (nSPS) is 14.3. The highest BCUT2D eigenvalue weighted by atomic mass is 29.3. The Labute approximate surface area is 107 Å². The van der Waals surface area contributed by atoms with Crippen LogP contribution in [0.5, 0.6) is 0 Å². The Hall–Kier alpha value is -0.396. The Morgan fingerprint density at radius 3 is 2.06 bits per heavy atom. The zero-order chi connectivity index (χ0) is 13.9. The SMILES string of the molecule is C=C(C)C(=O)OC(CC)[Si](C)(C)[Si](C)(C)OC. The van der Waals surface area contributed by atoms with E-state index in [4.69, 9.17) is 9.16 Å². The van der Waals surface area contributed by atoms with Gasteiger partial charge in [-0.2, -0.15) is 0 Å². The predicted octanol–water partition coefficient (Wildman–Crippen LogP) is 3.06. The molecular formula is C12H26O3Si2. The maximum Gasteiger partial charge on any atom is 0.333 e. The van der Waals surface area contributed by atoms with Crippen LogP contribution in [-0.2, 0) is 14.0 Å². The summed E-state index contributed by atoms with van der Waals surface area (Å²) in [4.78, 5) is 11.6. The molecule has 1 unspecified atom stereocenters. The molecule has 1 atom stereocenters. The molecule has 5 heteroatoms. The number of hydrogen-bond acceptors (Lipinski definition) is 3. The second-order valence-corrected chi connectivity index (χ2v) is 20.5. The molecule has 17 heavy (non-hydrogen) atoms. The highest BCUT2D eigenvalue weighted by Gasteiger charge is 2.49. The van der Waals surface area contributed by atoms with Crippen molar-refractivity contribution < 1.29 is 14.0 Å². The van der Waals surface area contributed by atoms with Gasteiger partial charge in [0.15, 0.2) is 7.83 Å². The lowest BCUT2D eigenvalue weighted by atomic mass is 10.4. The summed E-state index contributed by atoms with van der Waals surface area (Å²) in [5, 5.41) is 0. The molecule has 0 radical (unpaired) electrons. The van der Waals surface area contributed by atoms with Crippen molar-refractivity contribution in [1.29, 1.82) is 0 Å². The molecular weight excluding hydrogens is 248 g/mol. The minimum absolute atomic E-state index is 0.00770. The van der Waals surface area contributed by atoms with Gasteiger partial charge in [0.1, 0.15) is 7.59 Å². The van der Waals surface area contributed by atoms with Crippen LogP contribution in [0.15, 0.2) is 12.2 Å². The van der Waals surface area contributed by atoms with Gasteiger partial charge in [-0.15, -0.1) is 0 Å². The van der Waals surface area contributed by atoms with Crippen molar-refractivity contribution in [2.45, 2.75) is 52.2 Å². The fraction of sp³-hybridized carbons (Fsp3) is 0.750. The van der Waals surface area contributed by atoms with Gasteiger partial charge in [-0.05, 0) is 26.4 Å². The first-order chi connectivity index (χ1) is 7.60. The van der Waals surface area contributed by atoms with E-state index in [1.807, 2.05) is 0 Å². The van der Waals surface area contributed by atoms with E-state index in [9.17, 15) is 4.79 Å². The minimum atomic E-state index is -1.76. The van der Waals surface area contributed by atoms with E-state index in [1.54, 1.807) is 14.0 Å². The molecule has 0 amide bonds. The summed E-state index contributed by atoms with van der Waals surface area (Å²) in [6, 6.07) is 0. The molecule has 0 saturated carbocycles. The van der Waals surface area contributed by atoms with E-state index < -0.39 is 15.4 Å². The highest BCUT2D eigenvalue weighted by Crippen LogP contribution is 2.27. The summed E-state index contributed by atoms with van der Waals surface area (Å²) in [7, 11) is -1.72. The molecule has 0 aliphatic heterocycles. The van der Waals surface area contributed by atoms with Crippen molar-refractivity contribution in [3.05, 3.63) is 12.2 Å². The lowest BCUT2D eigenvalue weighted by Gasteiger charge is -2.41. The third-order valence-electron chi connectivity index (χ3n) is 3.84. The van der Waals surface area contributed by atoms with E-state index in [2.05, 4.69) is 39.7 Å². The fourth-order valence-corrected chi connectivity index (χ4v) is 9.04. The Morgan fingerprint density at radius 2 is 1.76 bits per heavy atom. The van der Waals surface area contributed by atoms with Crippen molar-refractivity contribution in [2.75, 3.05) is 7.11 Å². The van der Waals surface area contributed by atoms with Gasteiger partial charge in [-0.3, -0.25) is 0 Å². The largest absolute Gasteiger partial charge is 0.463 e. The number of hydrogen-bond donors (Lipinski definition) is 0. The third-order valence-corrected chi connectivity index (χ3v) is 21.0. The fourth-order valence-electron chi connectivity index (χ4n) is 1.62. The van der Waals surface area contributed by atoms with Gasteiger partial charge in [0, 0.05) is 12.7 Å². The zero-order valence-corrected chi connectivity index (χ0v) is 14.2. The standard InChI is InChI=1S/C12H26O3Si2/c1-9-11(15-12(13)10(2)3)16(5,6)17(7,8)14-4/h11H,2,9H2,1,3-8H3. The van der Waals surface area contributed by atoms with Gasteiger partial charge in [-0.25, -0.2) is 4.79 Å². The van der Waals surface area contributed by atoms with E-state index in [-0.39, 0.29) is 11.7 Å². The van der Waals surface area contributed by atoms with Crippen LogP contribution < -0.4 is 0 Å². The number of ether oxygens (including phenoxy) is 1. The maximum absolute atomic E-state index is 11.6. The van der Waals surface area contributed by atoms with Crippen LogP contribution in [-0.4, -0.2) is 34.2 Å². The second-order valence-electron chi connectivity index (χ2n) is 5.52. The maximum atomic E-state index is 11.6. The molecule has 3 nitrogen and oxygen atoms in total. The van der Waals surface area contributed by atoms with Crippen LogP contribution >= 0.6 is 0 Å². The monoisotopic (exact) mass is 274 g/mol. The van der Waals surface area contributed by atoms with E-state index in [1.165, 1.54) is 0 Å². The molecule has 0 aliphatic carbocycles. The van der Waals surface area contributed by atoms with E-state index in [0.717, 1.165) is 6.42 Å². The minimum Gasteiger partial charge on any atom is -0.463 e. The number of rotatable bonds is 6. The Balaban J connectivity index is 4.99. The first-order valence-corrected chi connectivity index (χ1v) is 13.0. The molecule has 100 valence electrons. The van der Waals surface area contributed by atoms with Crippen LogP contribution in [0.4, 0.5) is 0 Å². The number of carbonyl (C=O) groups is 1.